The standard InChI is InChI=1S/C16H20FN5OS/c1-11-4-2-3-9-21(11)14(23)10-24-16-20-19-15(22(16)18)12-5-7-13(17)8-6-12/h5-8,11H,2-4,9-10,18H2,1H3. The maximum Gasteiger partial charge on any atom is 0.233 e. The molecule has 8 heteroatoms. The van der Waals surface area contributed by atoms with Crippen molar-refractivity contribution >= 4 is 17.7 Å². The monoisotopic (exact) mass is 349 g/mol. The van der Waals surface area contributed by atoms with E-state index in [1.807, 2.05) is 4.90 Å². The number of piperidine rings is 1. The molecule has 2 N–H and O–H groups in total. The zero-order valence-corrected chi connectivity index (χ0v) is 14.3. The van der Waals surface area contributed by atoms with E-state index < -0.39 is 0 Å². The van der Waals surface area contributed by atoms with Crippen molar-refractivity contribution in [1.82, 2.24) is 19.8 Å². The van der Waals surface area contributed by atoms with Crippen LogP contribution in [0.15, 0.2) is 29.4 Å². The van der Waals surface area contributed by atoms with E-state index >= 15 is 0 Å². The summed E-state index contributed by atoms with van der Waals surface area (Å²) in [5, 5.41) is 8.54. The van der Waals surface area contributed by atoms with E-state index in [1.165, 1.54) is 35.0 Å². The molecule has 1 amide bonds. The first-order valence-corrected chi connectivity index (χ1v) is 8.93. The number of nitrogens with two attached hydrogens (primary N) is 1. The van der Waals surface area contributed by atoms with Gasteiger partial charge < -0.3 is 10.7 Å². The first kappa shape index (κ1) is 16.8. The molecule has 2 heterocycles. The summed E-state index contributed by atoms with van der Waals surface area (Å²) in [4.78, 5) is 14.3. The molecule has 2 aromatic rings. The van der Waals surface area contributed by atoms with Gasteiger partial charge in [-0.15, -0.1) is 10.2 Å². The molecule has 1 aromatic heterocycles. The number of thioether (sulfide) groups is 1. The molecule has 0 radical (unpaired) electrons. The number of nitrogens with zero attached hydrogens (tertiary/aromatic N) is 4. The summed E-state index contributed by atoms with van der Waals surface area (Å²) in [6, 6.07) is 6.17. The number of amides is 1. The highest BCUT2D eigenvalue weighted by atomic mass is 32.2. The number of hydrogen-bond donors (Lipinski definition) is 1. The molecule has 0 saturated carbocycles. The Morgan fingerprint density at radius 3 is 2.79 bits per heavy atom. The van der Waals surface area contributed by atoms with Crippen LogP contribution in [0.5, 0.6) is 0 Å². The smallest absolute Gasteiger partial charge is 0.233 e. The average Bonchev–Trinajstić information content (AvgIpc) is 2.95. The first-order chi connectivity index (χ1) is 11.6. The van der Waals surface area contributed by atoms with Crippen molar-refractivity contribution in [2.45, 2.75) is 37.4 Å². The highest BCUT2D eigenvalue weighted by Gasteiger charge is 2.23. The van der Waals surface area contributed by atoms with E-state index in [0.29, 0.717) is 16.5 Å². The summed E-state index contributed by atoms with van der Waals surface area (Å²) < 4.78 is 14.3. The number of halogens is 1. The van der Waals surface area contributed by atoms with Crippen molar-refractivity contribution in [2.24, 2.45) is 0 Å². The van der Waals surface area contributed by atoms with E-state index in [2.05, 4.69) is 17.1 Å². The summed E-state index contributed by atoms with van der Waals surface area (Å²) >= 11 is 1.27. The van der Waals surface area contributed by atoms with Gasteiger partial charge in [0, 0.05) is 18.2 Å². The fraction of sp³-hybridized carbons (Fsp3) is 0.438. The third-order valence-electron chi connectivity index (χ3n) is 4.22. The van der Waals surface area contributed by atoms with Crippen LogP contribution in [0.4, 0.5) is 4.39 Å². The van der Waals surface area contributed by atoms with Crippen molar-refractivity contribution < 1.29 is 9.18 Å². The van der Waals surface area contributed by atoms with Crippen molar-refractivity contribution in [3.63, 3.8) is 0 Å². The van der Waals surface area contributed by atoms with E-state index in [0.717, 1.165) is 19.4 Å². The minimum atomic E-state index is -0.322. The highest BCUT2D eigenvalue weighted by Crippen LogP contribution is 2.23. The van der Waals surface area contributed by atoms with Gasteiger partial charge in [0.2, 0.25) is 11.1 Å². The Labute approximate surface area is 144 Å². The summed E-state index contributed by atoms with van der Waals surface area (Å²) in [5.74, 6) is 6.51. The lowest BCUT2D eigenvalue weighted by atomic mass is 10.0. The van der Waals surface area contributed by atoms with Gasteiger partial charge in [-0.25, -0.2) is 9.07 Å². The maximum atomic E-state index is 13.0. The molecule has 1 aliphatic heterocycles. The van der Waals surface area contributed by atoms with Crippen LogP contribution in [0.2, 0.25) is 0 Å². The largest absolute Gasteiger partial charge is 0.339 e. The molecule has 0 aliphatic carbocycles. The maximum absolute atomic E-state index is 13.0. The van der Waals surface area contributed by atoms with Gasteiger partial charge in [0.05, 0.1) is 5.75 Å². The van der Waals surface area contributed by atoms with Gasteiger partial charge in [-0.3, -0.25) is 4.79 Å². The van der Waals surface area contributed by atoms with Gasteiger partial charge >= 0.3 is 0 Å². The van der Waals surface area contributed by atoms with E-state index in [4.69, 9.17) is 5.84 Å². The highest BCUT2D eigenvalue weighted by molar-refractivity contribution is 7.99. The van der Waals surface area contributed by atoms with Crippen LogP contribution in [-0.4, -0.2) is 44.0 Å². The Morgan fingerprint density at radius 1 is 1.33 bits per heavy atom. The predicted molar refractivity (Wildman–Crippen MR) is 91.3 cm³/mol. The molecule has 6 nitrogen and oxygen atoms in total. The number of rotatable bonds is 4. The fourth-order valence-corrected chi connectivity index (χ4v) is 3.59. The second-order valence-electron chi connectivity index (χ2n) is 5.90. The summed E-state index contributed by atoms with van der Waals surface area (Å²) in [6.45, 7) is 2.90. The van der Waals surface area contributed by atoms with E-state index in [1.54, 1.807) is 12.1 Å². The molecule has 1 atom stereocenters. The van der Waals surface area contributed by atoms with E-state index in [-0.39, 0.29) is 23.5 Å². The number of benzene rings is 1. The van der Waals surface area contributed by atoms with Crippen molar-refractivity contribution in [3.8, 4) is 11.4 Å². The molecule has 1 saturated heterocycles. The van der Waals surface area contributed by atoms with Crippen molar-refractivity contribution in [3.05, 3.63) is 30.1 Å². The number of carbonyl (C=O) groups is 1. The topological polar surface area (TPSA) is 77.0 Å². The molecule has 24 heavy (non-hydrogen) atoms. The number of carbonyl (C=O) groups excluding carboxylic acids is 1. The zero-order valence-electron chi connectivity index (χ0n) is 13.5. The van der Waals surface area contributed by atoms with Crippen LogP contribution in [0.3, 0.4) is 0 Å². The normalized spacial score (nSPS) is 17.9. The SMILES string of the molecule is CC1CCCCN1C(=O)CSc1nnc(-c2ccc(F)cc2)n1N. The minimum Gasteiger partial charge on any atom is -0.339 e. The van der Waals surface area contributed by atoms with Crippen LogP contribution in [0, 0.1) is 5.82 Å². The summed E-state index contributed by atoms with van der Waals surface area (Å²) in [5.41, 5.74) is 0.675. The molecular formula is C16H20FN5OS. The number of likely N-dealkylation sites (tertiary alicyclic amines) is 1. The van der Waals surface area contributed by atoms with Crippen LogP contribution in [0.25, 0.3) is 11.4 Å². The molecule has 0 bridgehead atoms. The van der Waals surface area contributed by atoms with Crippen LogP contribution in [0.1, 0.15) is 26.2 Å². The number of nitrogen functional groups attached to an aromatic ring is 1. The second kappa shape index (κ2) is 7.21. The summed E-state index contributed by atoms with van der Waals surface area (Å²) in [6.07, 6.45) is 3.29. The zero-order chi connectivity index (χ0) is 17.1. The molecule has 3 rings (SSSR count). The number of aromatic nitrogens is 3. The Hall–Kier alpha value is -2.09. The van der Waals surface area contributed by atoms with Gasteiger partial charge in [-0.1, -0.05) is 11.8 Å². The Morgan fingerprint density at radius 2 is 2.08 bits per heavy atom. The van der Waals surface area contributed by atoms with Crippen molar-refractivity contribution in [1.29, 1.82) is 0 Å². The third kappa shape index (κ3) is 3.53. The van der Waals surface area contributed by atoms with Gasteiger partial charge in [-0.05, 0) is 50.5 Å². The lowest BCUT2D eigenvalue weighted by Gasteiger charge is -2.33. The Kier molecular flexibility index (Phi) is 5.03. The van der Waals surface area contributed by atoms with Gasteiger partial charge in [0.1, 0.15) is 5.82 Å². The Balaban J connectivity index is 1.66. The van der Waals surface area contributed by atoms with Gasteiger partial charge in [-0.2, -0.15) is 0 Å². The fourth-order valence-electron chi connectivity index (χ4n) is 2.85. The molecule has 1 fully saturated rings. The van der Waals surface area contributed by atoms with E-state index in [9.17, 15) is 9.18 Å². The average molecular weight is 349 g/mol. The summed E-state index contributed by atoms with van der Waals surface area (Å²) in [7, 11) is 0. The van der Waals surface area contributed by atoms with Crippen molar-refractivity contribution in [2.75, 3.05) is 18.1 Å². The quantitative estimate of drug-likeness (QED) is 0.677. The molecule has 1 aromatic carbocycles. The predicted octanol–water partition coefficient (Wildman–Crippen LogP) is 2.29. The second-order valence-corrected chi connectivity index (χ2v) is 6.85. The van der Waals surface area contributed by atoms with Crippen LogP contribution in [-0.2, 0) is 4.79 Å². The van der Waals surface area contributed by atoms with Gasteiger partial charge in [0.25, 0.3) is 0 Å². The molecular weight excluding hydrogens is 329 g/mol. The lowest BCUT2D eigenvalue weighted by Crippen LogP contribution is -2.43. The lowest BCUT2D eigenvalue weighted by molar-refractivity contribution is -0.131. The number of hydrogen-bond acceptors (Lipinski definition) is 5. The Bertz CT molecular complexity index is 718. The molecule has 0 spiro atoms. The van der Waals surface area contributed by atoms with Crippen LogP contribution < -0.4 is 5.84 Å². The molecule has 1 unspecified atom stereocenters. The molecule has 128 valence electrons. The minimum absolute atomic E-state index is 0.0959. The first-order valence-electron chi connectivity index (χ1n) is 7.95. The van der Waals surface area contributed by atoms with Gasteiger partial charge in [0.15, 0.2) is 5.82 Å². The molecule has 1 aliphatic rings. The third-order valence-corrected chi connectivity index (χ3v) is 5.14. The van der Waals surface area contributed by atoms with Crippen LogP contribution >= 0.6 is 11.8 Å².